The minimum Gasteiger partial charge on any atom is -0.508 e. The highest BCUT2D eigenvalue weighted by atomic mass is 35.5. The van der Waals surface area contributed by atoms with E-state index in [0.717, 1.165) is 10.9 Å². The number of benzene rings is 3. The second-order valence-corrected chi connectivity index (χ2v) is 9.36. The van der Waals surface area contributed by atoms with Crippen LogP contribution in [-0.4, -0.2) is 26.7 Å². The normalized spacial score (nSPS) is 15.6. The molecule has 6 nitrogen and oxygen atoms in total. The quantitative estimate of drug-likeness (QED) is 0.378. The Bertz CT molecular complexity index is 1530. The molecule has 1 aliphatic rings. The summed E-state index contributed by atoms with van der Waals surface area (Å²) < 4.78 is 0. The number of aromatic hydroxyl groups is 1. The van der Waals surface area contributed by atoms with Crippen LogP contribution in [-0.2, 0) is 4.79 Å². The number of para-hydroxylation sites is 1. The molecule has 0 unspecified atom stereocenters. The summed E-state index contributed by atoms with van der Waals surface area (Å²) in [6.45, 7) is 3.61. The van der Waals surface area contributed by atoms with Crippen molar-refractivity contribution in [3.8, 4) is 16.9 Å². The molecule has 3 aromatic carbocycles. The van der Waals surface area contributed by atoms with E-state index in [1.807, 2.05) is 42.5 Å². The van der Waals surface area contributed by atoms with Gasteiger partial charge in [0.2, 0.25) is 5.91 Å². The third-order valence-electron chi connectivity index (χ3n) is 6.25. The van der Waals surface area contributed by atoms with Gasteiger partial charge < -0.3 is 10.1 Å². The van der Waals surface area contributed by atoms with Crippen molar-refractivity contribution in [3.05, 3.63) is 99.3 Å². The number of aromatic nitrogens is 1. The molecular formula is C28H24ClN3O3. The molecule has 1 atom stereocenters. The summed E-state index contributed by atoms with van der Waals surface area (Å²) in [4.78, 5) is 29.6. The minimum atomic E-state index is -0.529. The Kier molecular flexibility index (Phi) is 5.91. The summed E-state index contributed by atoms with van der Waals surface area (Å²) in [5.74, 6) is -0.415. The van der Waals surface area contributed by atoms with Gasteiger partial charge in [-0.1, -0.05) is 74.0 Å². The van der Waals surface area contributed by atoms with E-state index in [1.165, 1.54) is 5.01 Å². The molecule has 1 aromatic heterocycles. The van der Waals surface area contributed by atoms with E-state index in [4.69, 9.17) is 16.7 Å². The lowest BCUT2D eigenvalue weighted by Gasteiger charge is -2.24. The molecule has 0 aliphatic carbocycles. The van der Waals surface area contributed by atoms with Crippen LogP contribution >= 0.6 is 11.6 Å². The fraction of sp³-hybridized carbons (Fsp3) is 0.179. The average Bonchev–Trinajstić information content (AvgIpc) is 3.28. The lowest BCUT2D eigenvalue weighted by atomic mass is 9.91. The summed E-state index contributed by atoms with van der Waals surface area (Å²) in [5, 5.41) is 18.0. The predicted molar refractivity (Wildman–Crippen MR) is 139 cm³/mol. The second kappa shape index (κ2) is 9.04. The van der Waals surface area contributed by atoms with Gasteiger partial charge in [-0.2, -0.15) is 5.10 Å². The number of H-pyrrole nitrogens is 1. The van der Waals surface area contributed by atoms with E-state index in [9.17, 15) is 14.7 Å². The number of hydrogen-bond acceptors (Lipinski definition) is 4. The van der Waals surface area contributed by atoms with E-state index in [0.29, 0.717) is 32.9 Å². The number of nitrogens with one attached hydrogen (secondary N) is 1. The van der Waals surface area contributed by atoms with Gasteiger partial charge in [-0.05, 0) is 29.8 Å². The van der Waals surface area contributed by atoms with Crippen molar-refractivity contribution in [3.63, 3.8) is 0 Å². The summed E-state index contributed by atoms with van der Waals surface area (Å²) in [5.41, 5.74) is 3.37. The molecular weight excluding hydrogens is 462 g/mol. The Morgan fingerprint density at radius 1 is 1.06 bits per heavy atom. The number of phenolic OH excluding ortho intramolecular Hbond substituents is 1. The molecule has 2 heterocycles. The molecule has 4 aromatic rings. The maximum Gasteiger partial charge on any atom is 0.258 e. The van der Waals surface area contributed by atoms with Gasteiger partial charge in [-0.3, -0.25) is 9.59 Å². The first kappa shape index (κ1) is 22.9. The summed E-state index contributed by atoms with van der Waals surface area (Å²) in [6.07, 6.45) is 0.283. The van der Waals surface area contributed by atoms with E-state index in [2.05, 4.69) is 4.98 Å². The van der Waals surface area contributed by atoms with E-state index < -0.39 is 6.04 Å². The van der Waals surface area contributed by atoms with Gasteiger partial charge in [-0.25, -0.2) is 5.01 Å². The van der Waals surface area contributed by atoms with Gasteiger partial charge in [-0.15, -0.1) is 0 Å². The van der Waals surface area contributed by atoms with Crippen LogP contribution in [0.2, 0.25) is 5.02 Å². The van der Waals surface area contributed by atoms with E-state index >= 15 is 0 Å². The summed E-state index contributed by atoms with van der Waals surface area (Å²) in [7, 11) is 0. The first-order valence-corrected chi connectivity index (χ1v) is 11.8. The zero-order chi connectivity index (χ0) is 24.7. The number of amides is 1. The van der Waals surface area contributed by atoms with Crippen LogP contribution in [0.3, 0.4) is 0 Å². The molecule has 0 saturated heterocycles. The van der Waals surface area contributed by atoms with Crippen molar-refractivity contribution in [2.45, 2.75) is 26.3 Å². The fourth-order valence-corrected chi connectivity index (χ4v) is 4.76. The Morgan fingerprint density at radius 3 is 2.49 bits per heavy atom. The Balaban J connectivity index is 1.76. The maximum absolute atomic E-state index is 13.5. The summed E-state index contributed by atoms with van der Waals surface area (Å²) >= 11 is 6.35. The van der Waals surface area contributed by atoms with Crippen molar-refractivity contribution >= 4 is 34.1 Å². The van der Waals surface area contributed by atoms with Crippen molar-refractivity contribution in [1.82, 2.24) is 9.99 Å². The first-order chi connectivity index (χ1) is 16.8. The number of hydrazone groups is 1. The topological polar surface area (TPSA) is 85.8 Å². The Morgan fingerprint density at radius 2 is 1.77 bits per heavy atom. The van der Waals surface area contributed by atoms with Gasteiger partial charge in [0.05, 0.1) is 17.3 Å². The molecule has 5 rings (SSSR count). The predicted octanol–water partition coefficient (Wildman–Crippen LogP) is 5.89. The van der Waals surface area contributed by atoms with Gasteiger partial charge >= 0.3 is 0 Å². The zero-order valence-electron chi connectivity index (χ0n) is 19.3. The number of hydrogen-bond donors (Lipinski definition) is 2. The van der Waals surface area contributed by atoms with Crippen molar-refractivity contribution in [1.29, 1.82) is 0 Å². The molecule has 1 amide bonds. The van der Waals surface area contributed by atoms with Crippen LogP contribution in [0, 0.1) is 5.92 Å². The van der Waals surface area contributed by atoms with E-state index in [-0.39, 0.29) is 29.6 Å². The maximum atomic E-state index is 13.5. The highest BCUT2D eigenvalue weighted by Gasteiger charge is 2.37. The summed E-state index contributed by atoms with van der Waals surface area (Å²) in [6, 6.07) is 21.3. The standard InChI is InChI=1S/C28H24ClN3O3/c1-16(2)28(35)32-23(19-10-6-7-11-24(19)33)15-22(31-32)26-25(17-8-4-3-5-9-17)20-14-18(29)12-13-21(20)30-27(26)34/h3-14,16,23,33H,15H2,1-2H3,(H,30,34)/t23-/m0/s1. The number of carbonyl (C=O) groups is 1. The second-order valence-electron chi connectivity index (χ2n) is 8.92. The van der Waals surface area contributed by atoms with Crippen molar-refractivity contribution in [2.75, 3.05) is 0 Å². The molecule has 2 N–H and O–H groups in total. The van der Waals surface area contributed by atoms with Crippen LogP contribution in [0.4, 0.5) is 0 Å². The average molecular weight is 486 g/mol. The fourth-order valence-electron chi connectivity index (χ4n) is 4.59. The van der Waals surface area contributed by atoms with Gasteiger partial charge in [0, 0.05) is 39.4 Å². The van der Waals surface area contributed by atoms with E-state index in [1.54, 1.807) is 44.2 Å². The third kappa shape index (κ3) is 4.10. The Hall–Kier alpha value is -3.90. The lowest BCUT2D eigenvalue weighted by molar-refractivity contribution is -0.136. The van der Waals surface area contributed by atoms with Gasteiger partial charge in [0.1, 0.15) is 5.75 Å². The number of phenols is 1. The molecule has 0 fully saturated rings. The number of pyridine rings is 1. The lowest BCUT2D eigenvalue weighted by Crippen LogP contribution is -2.30. The molecule has 0 radical (unpaired) electrons. The Labute approximate surface area is 207 Å². The monoisotopic (exact) mass is 485 g/mol. The van der Waals surface area contributed by atoms with Gasteiger partial charge in [0.25, 0.3) is 5.56 Å². The van der Waals surface area contributed by atoms with Gasteiger partial charge in [0.15, 0.2) is 0 Å². The smallest absolute Gasteiger partial charge is 0.258 e. The molecule has 0 bridgehead atoms. The third-order valence-corrected chi connectivity index (χ3v) is 6.49. The number of aromatic amines is 1. The number of carbonyl (C=O) groups excluding carboxylic acids is 1. The number of rotatable bonds is 4. The van der Waals surface area contributed by atoms with Crippen LogP contribution in [0.1, 0.15) is 37.4 Å². The molecule has 35 heavy (non-hydrogen) atoms. The van der Waals surface area contributed by atoms with Crippen molar-refractivity contribution in [2.24, 2.45) is 11.0 Å². The molecule has 0 saturated carbocycles. The number of fused-ring (bicyclic) bond motifs is 1. The molecule has 176 valence electrons. The number of nitrogens with zero attached hydrogens (tertiary/aromatic N) is 2. The molecule has 0 spiro atoms. The molecule has 1 aliphatic heterocycles. The number of halogens is 1. The highest BCUT2D eigenvalue weighted by Crippen LogP contribution is 2.40. The van der Waals surface area contributed by atoms with Crippen molar-refractivity contribution < 1.29 is 9.90 Å². The van der Waals surface area contributed by atoms with Crippen LogP contribution in [0.25, 0.3) is 22.0 Å². The molecule has 7 heteroatoms. The van der Waals surface area contributed by atoms with Crippen LogP contribution in [0.15, 0.2) is 82.7 Å². The van der Waals surface area contributed by atoms with Crippen LogP contribution in [0.5, 0.6) is 5.75 Å². The van der Waals surface area contributed by atoms with Crippen LogP contribution < -0.4 is 5.56 Å². The minimum absolute atomic E-state index is 0.0815. The SMILES string of the molecule is CC(C)C(=O)N1N=C(c2c(-c3ccccc3)c3cc(Cl)ccc3[nH]c2=O)C[C@H]1c1ccccc1O. The first-order valence-electron chi connectivity index (χ1n) is 11.4. The highest BCUT2D eigenvalue weighted by molar-refractivity contribution is 6.31. The largest absolute Gasteiger partial charge is 0.508 e. The zero-order valence-corrected chi connectivity index (χ0v) is 20.1.